The van der Waals surface area contributed by atoms with Gasteiger partial charge >= 0.3 is 0 Å². The van der Waals surface area contributed by atoms with E-state index in [2.05, 4.69) is 15.9 Å². The molecule has 1 aliphatic rings. The Morgan fingerprint density at radius 1 is 1.31 bits per heavy atom. The Morgan fingerprint density at radius 3 is 2.44 bits per heavy atom. The molecule has 1 aromatic rings. The second kappa shape index (κ2) is 4.21. The van der Waals surface area contributed by atoms with Crippen LogP contribution in [0.1, 0.15) is 10.6 Å². The molecule has 1 aromatic heterocycles. The van der Waals surface area contributed by atoms with Crippen molar-refractivity contribution in [1.29, 1.82) is 0 Å². The topological polar surface area (TPSA) is 67.6 Å². The number of amides is 1. The summed E-state index contributed by atoms with van der Waals surface area (Å²) >= 11 is 3.11. The highest BCUT2D eigenvalue weighted by Gasteiger charge is 2.27. The maximum Gasteiger partial charge on any atom is 0.289 e. The first-order valence-electron chi connectivity index (χ1n) is 4.73. The van der Waals surface area contributed by atoms with Crippen molar-refractivity contribution < 1.29 is 17.6 Å². The third kappa shape index (κ3) is 2.46. The van der Waals surface area contributed by atoms with Gasteiger partial charge in [0.05, 0.1) is 11.5 Å². The molecule has 1 fully saturated rings. The van der Waals surface area contributed by atoms with Crippen LogP contribution < -0.4 is 0 Å². The molecule has 2 rings (SSSR count). The maximum absolute atomic E-state index is 11.8. The molecule has 1 amide bonds. The fourth-order valence-corrected chi connectivity index (χ4v) is 3.01. The zero-order chi connectivity index (χ0) is 11.8. The van der Waals surface area contributed by atoms with Gasteiger partial charge in [0.25, 0.3) is 5.91 Å². The monoisotopic (exact) mass is 307 g/mol. The van der Waals surface area contributed by atoms with Gasteiger partial charge in [-0.1, -0.05) is 0 Å². The van der Waals surface area contributed by atoms with E-state index < -0.39 is 9.84 Å². The van der Waals surface area contributed by atoms with E-state index in [1.54, 1.807) is 12.1 Å². The maximum atomic E-state index is 11.8. The molecular weight excluding hydrogens is 298 g/mol. The summed E-state index contributed by atoms with van der Waals surface area (Å²) in [5, 5.41) is 0. The third-order valence-corrected chi connectivity index (χ3v) is 4.45. The minimum absolute atomic E-state index is 0.0284. The van der Waals surface area contributed by atoms with Gasteiger partial charge in [0.1, 0.15) is 0 Å². The van der Waals surface area contributed by atoms with E-state index in [0.717, 1.165) is 0 Å². The molecule has 0 unspecified atom stereocenters. The van der Waals surface area contributed by atoms with Crippen molar-refractivity contribution in [1.82, 2.24) is 4.90 Å². The number of sulfone groups is 1. The van der Waals surface area contributed by atoms with Gasteiger partial charge in [-0.3, -0.25) is 4.79 Å². The Bertz CT molecular complexity index is 493. The molecule has 88 valence electrons. The van der Waals surface area contributed by atoms with Crippen LogP contribution in [0.5, 0.6) is 0 Å². The highest BCUT2D eigenvalue weighted by molar-refractivity contribution is 9.10. The van der Waals surface area contributed by atoms with Gasteiger partial charge in [-0.25, -0.2) is 8.42 Å². The van der Waals surface area contributed by atoms with E-state index in [-0.39, 0.29) is 36.3 Å². The molecule has 16 heavy (non-hydrogen) atoms. The Labute approximate surface area is 101 Å². The Kier molecular flexibility index (Phi) is 3.07. The van der Waals surface area contributed by atoms with E-state index >= 15 is 0 Å². The lowest BCUT2D eigenvalue weighted by Gasteiger charge is -2.25. The smallest absolute Gasteiger partial charge is 0.289 e. The molecule has 0 atom stereocenters. The summed E-state index contributed by atoms with van der Waals surface area (Å²) in [6, 6.07) is 3.20. The molecular formula is C9H10BrNO4S. The predicted octanol–water partition coefficient (Wildman–Crippen LogP) is 0.913. The summed E-state index contributed by atoms with van der Waals surface area (Å²) in [6.45, 7) is 0.471. The number of furan rings is 1. The molecule has 5 nitrogen and oxygen atoms in total. The number of carbonyl (C=O) groups is 1. The van der Waals surface area contributed by atoms with E-state index in [9.17, 15) is 13.2 Å². The third-order valence-electron chi connectivity index (χ3n) is 2.42. The predicted molar refractivity (Wildman–Crippen MR) is 61.0 cm³/mol. The minimum atomic E-state index is -2.96. The Morgan fingerprint density at radius 2 is 1.94 bits per heavy atom. The SMILES string of the molecule is O=C(c1ccc(Br)o1)N1CCS(=O)(=O)CC1. The van der Waals surface area contributed by atoms with Gasteiger partial charge in [-0.15, -0.1) is 0 Å². The highest BCUT2D eigenvalue weighted by atomic mass is 79.9. The van der Waals surface area contributed by atoms with Crippen molar-refractivity contribution >= 4 is 31.7 Å². The zero-order valence-electron chi connectivity index (χ0n) is 8.35. The van der Waals surface area contributed by atoms with Gasteiger partial charge in [0.15, 0.2) is 20.3 Å². The van der Waals surface area contributed by atoms with Crippen LogP contribution >= 0.6 is 15.9 Å². The summed E-state index contributed by atoms with van der Waals surface area (Å²) in [5.74, 6) is 0.0214. The first-order chi connectivity index (χ1) is 7.48. The largest absolute Gasteiger partial charge is 0.444 e. The lowest BCUT2D eigenvalue weighted by atomic mass is 10.3. The lowest BCUT2D eigenvalue weighted by molar-refractivity contribution is 0.0737. The number of rotatable bonds is 1. The standard InChI is InChI=1S/C9H10BrNO4S/c10-8-2-1-7(15-8)9(12)11-3-5-16(13,14)6-4-11/h1-2H,3-6H2. The molecule has 0 N–H and O–H groups in total. The molecule has 0 aliphatic carbocycles. The first-order valence-corrected chi connectivity index (χ1v) is 7.34. The van der Waals surface area contributed by atoms with Crippen molar-refractivity contribution in [3.63, 3.8) is 0 Å². The zero-order valence-corrected chi connectivity index (χ0v) is 10.8. The minimum Gasteiger partial charge on any atom is -0.444 e. The quantitative estimate of drug-likeness (QED) is 0.773. The van der Waals surface area contributed by atoms with Crippen LogP contribution in [0.3, 0.4) is 0 Å². The Balaban J connectivity index is 2.07. The van der Waals surface area contributed by atoms with Crippen LogP contribution in [-0.2, 0) is 9.84 Å². The molecule has 0 bridgehead atoms. The summed E-state index contributed by atoms with van der Waals surface area (Å²) in [6.07, 6.45) is 0. The van der Waals surface area contributed by atoms with Crippen LogP contribution in [-0.4, -0.2) is 43.8 Å². The van der Waals surface area contributed by atoms with E-state index in [1.807, 2.05) is 0 Å². The molecule has 0 saturated carbocycles. The van der Waals surface area contributed by atoms with Crippen LogP contribution in [0, 0.1) is 0 Å². The summed E-state index contributed by atoms with van der Waals surface area (Å²) in [4.78, 5) is 13.3. The molecule has 1 aliphatic heterocycles. The number of nitrogens with zero attached hydrogens (tertiary/aromatic N) is 1. The van der Waals surface area contributed by atoms with Gasteiger partial charge < -0.3 is 9.32 Å². The number of carbonyl (C=O) groups excluding carboxylic acids is 1. The number of hydrogen-bond donors (Lipinski definition) is 0. The normalized spacial score (nSPS) is 19.7. The van der Waals surface area contributed by atoms with Crippen molar-refractivity contribution in [3.8, 4) is 0 Å². The van der Waals surface area contributed by atoms with Gasteiger partial charge in [-0.2, -0.15) is 0 Å². The van der Waals surface area contributed by atoms with Crippen LogP contribution in [0.15, 0.2) is 21.2 Å². The average molecular weight is 308 g/mol. The highest BCUT2D eigenvalue weighted by Crippen LogP contribution is 2.16. The van der Waals surface area contributed by atoms with Crippen molar-refractivity contribution in [2.24, 2.45) is 0 Å². The van der Waals surface area contributed by atoms with Crippen LogP contribution in [0.4, 0.5) is 0 Å². The van der Waals surface area contributed by atoms with E-state index in [0.29, 0.717) is 4.67 Å². The second-order valence-corrected chi connectivity index (χ2v) is 6.63. The van der Waals surface area contributed by atoms with Crippen molar-refractivity contribution in [3.05, 3.63) is 22.6 Å². The van der Waals surface area contributed by atoms with E-state index in [1.165, 1.54) is 4.90 Å². The summed E-state index contributed by atoms with van der Waals surface area (Å²) < 4.78 is 28.0. The molecule has 7 heteroatoms. The molecule has 0 spiro atoms. The molecule has 0 radical (unpaired) electrons. The molecule has 1 saturated heterocycles. The fraction of sp³-hybridized carbons (Fsp3) is 0.444. The second-order valence-electron chi connectivity index (χ2n) is 3.55. The van der Waals surface area contributed by atoms with Gasteiger partial charge in [0, 0.05) is 13.1 Å². The van der Waals surface area contributed by atoms with Gasteiger partial charge in [-0.05, 0) is 28.1 Å². The summed E-state index contributed by atoms with van der Waals surface area (Å²) in [5.41, 5.74) is 0. The van der Waals surface area contributed by atoms with Gasteiger partial charge in [0.2, 0.25) is 0 Å². The van der Waals surface area contributed by atoms with Crippen molar-refractivity contribution in [2.45, 2.75) is 0 Å². The molecule has 0 aromatic carbocycles. The number of hydrogen-bond acceptors (Lipinski definition) is 4. The molecule has 2 heterocycles. The van der Waals surface area contributed by atoms with Crippen molar-refractivity contribution in [2.75, 3.05) is 24.6 Å². The van der Waals surface area contributed by atoms with Crippen LogP contribution in [0.25, 0.3) is 0 Å². The fourth-order valence-electron chi connectivity index (χ4n) is 1.50. The lowest BCUT2D eigenvalue weighted by Crippen LogP contribution is -2.43. The Hall–Kier alpha value is -0.820. The van der Waals surface area contributed by atoms with E-state index in [4.69, 9.17) is 4.42 Å². The summed E-state index contributed by atoms with van der Waals surface area (Å²) in [7, 11) is -2.96. The van der Waals surface area contributed by atoms with Crippen LogP contribution in [0.2, 0.25) is 0 Å². The average Bonchev–Trinajstić information content (AvgIpc) is 2.64. The number of halogens is 1. The first kappa shape index (κ1) is 11.7.